The van der Waals surface area contributed by atoms with Crippen LogP contribution in [0, 0.1) is 5.82 Å². The highest BCUT2D eigenvalue weighted by atomic mass is 35.5. The molecule has 0 aliphatic heterocycles. The first-order valence-electron chi connectivity index (χ1n) is 8.33. The summed E-state index contributed by atoms with van der Waals surface area (Å²) in [4.78, 5) is 10.1. The van der Waals surface area contributed by atoms with Gasteiger partial charge in [-0.25, -0.2) is 9.37 Å². The molecule has 4 rings (SSSR count). The number of pyridine rings is 1. The molecule has 0 bridgehead atoms. The van der Waals surface area contributed by atoms with Crippen LogP contribution in [-0.4, -0.2) is 15.6 Å². The number of benzene rings is 2. The van der Waals surface area contributed by atoms with E-state index < -0.39 is 0 Å². The van der Waals surface area contributed by atoms with E-state index in [1.165, 1.54) is 12.1 Å². The summed E-state index contributed by atoms with van der Waals surface area (Å²) < 4.78 is 14.8. The SMILES string of the molecule is Fc1ccc(CO/N=C/c2c(-c3ccccc3)nc3ccc(Cl)cn23)cc1. The van der Waals surface area contributed by atoms with Crippen molar-refractivity contribution < 1.29 is 9.23 Å². The number of halogens is 2. The molecule has 2 heterocycles. The van der Waals surface area contributed by atoms with Gasteiger partial charge in [0.05, 0.1) is 22.6 Å². The average Bonchev–Trinajstić information content (AvgIpc) is 3.05. The van der Waals surface area contributed by atoms with E-state index in [-0.39, 0.29) is 12.4 Å². The van der Waals surface area contributed by atoms with Crippen molar-refractivity contribution in [2.45, 2.75) is 6.61 Å². The topological polar surface area (TPSA) is 38.9 Å². The van der Waals surface area contributed by atoms with Gasteiger partial charge in [-0.15, -0.1) is 0 Å². The Bertz CT molecular complexity index is 1090. The van der Waals surface area contributed by atoms with Crippen LogP contribution in [0.5, 0.6) is 0 Å². The second kappa shape index (κ2) is 7.60. The lowest BCUT2D eigenvalue weighted by atomic mass is 10.1. The van der Waals surface area contributed by atoms with Crippen LogP contribution in [0.25, 0.3) is 16.9 Å². The number of fused-ring (bicyclic) bond motifs is 1. The number of aromatic nitrogens is 2. The fourth-order valence-electron chi connectivity index (χ4n) is 2.75. The summed E-state index contributed by atoms with van der Waals surface area (Å²) in [6, 6.07) is 19.6. The van der Waals surface area contributed by atoms with E-state index in [0.29, 0.717) is 5.02 Å². The predicted molar refractivity (Wildman–Crippen MR) is 104 cm³/mol. The molecule has 0 aliphatic rings. The van der Waals surface area contributed by atoms with Crippen molar-refractivity contribution >= 4 is 23.5 Å². The molecule has 2 aromatic carbocycles. The van der Waals surface area contributed by atoms with E-state index >= 15 is 0 Å². The van der Waals surface area contributed by atoms with Gasteiger partial charge in [-0.05, 0) is 29.8 Å². The van der Waals surface area contributed by atoms with Crippen molar-refractivity contribution in [1.29, 1.82) is 0 Å². The minimum absolute atomic E-state index is 0.245. The van der Waals surface area contributed by atoms with Gasteiger partial charge in [-0.1, -0.05) is 59.2 Å². The first-order valence-corrected chi connectivity index (χ1v) is 8.71. The lowest BCUT2D eigenvalue weighted by Gasteiger charge is -2.02. The van der Waals surface area contributed by atoms with Crippen LogP contribution in [-0.2, 0) is 11.4 Å². The lowest BCUT2D eigenvalue weighted by molar-refractivity contribution is 0.132. The van der Waals surface area contributed by atoms with E-state index in [2.05, 4.69) is 10.1 Å². The normalized spacial score (nSPS) is 11.3. The van der Waals surface area contributed by atoms with Crippen LogP contribution in [0.2, 0.25) is 5.02 Å². The number of hydrogen-bond donors (Lipinski definition) is 0. The molecule has 4 nitrogen and oxygen atoms in total. The first-order chi connectivity index (χ1) is 13.2. The minimum atomic E-state index is -0.280. The van der Waals surface area contributed by atoms with Crippen LogP contribution in [0.3, 0.4) is 0 Å². The summed E-state index contributed by atoms with van der Waals surface area (Å²) in [5.74, 6) is -0.280. The molecular weight excluding hydrogens is 365 g/mol. The van der Waals surface area contributed by atoms with Crippen molar-refractivity contribution in [1.82, 2.24) is 9.38 Å². The Labute approximate surface area is 160 Å². The molecule has 0 radical (unpaired) electrons. The van der Waals surface area contributed by atoms with E-state index in [1.54, 1.807) is 30.6 Å². The molecule has 0 atom stereocenters. The highest BCUT2D eigenvalue weighted by Crippen LogP contribution is 2.24. The van der Waals surface area contributed by atoms with Crippen molar-refractivity contribution in [2.24, 2.45) is 5.16 Å². The molecule has 0 saturated carbocycles. The van der Waals surface area contributed by atoms with Gasteiger partial charge in [-0.3, -0.25) is 4.40 Å². The van der Waals surface area contributed by atoms with E-state index in [9.17, 15) is 4.39 Å². The van der Waals surface area contributed by atoms with Crippen LogP contribution < -0.4 is 0 Å². The maximum Gasteiger partial charge on any atom is 0.142 e. The number of hydrogen-bond acceptors (Lipinski definition) is 3. The molecule has 0 amide bonds. The van der Waals surface area contributed by atoms with Gasteiger partial charge in [-0.2, -0.15) is 0 Å². The van der Waals surface area contributed by atoms with Gasteiger partial charge in [0.15, 0.2) is 0 Å². The quantitative estimate of drug-likeness (QED) is 0.346. The van der Waals surface area contributed by atoms with Crippen LogP contribution in [0.4, 0.5) is 4.39 Å². The Balaban J connectivity index is 1.64. The first kappa shape index (κ1) is 17.2. The average molecular weight is 380 g/mol. The summed E-state index contributed by atoms with van der Waals surface area (Å²) in [7, 11) is 0. The summed E-state index contributed by atoms with van der Waals surface area (Å²) >= 11 is 6.15. The maximum absolute atomic E-state index is 13.0. The Kier molecular flexibility index (Phi) is 4.85. The second-order valence-corrected chi connectivity index (χ2v) is 6.36. The Morgan fingerprint density at radius 3 is 2.59 bits per heavy atom. The summed E-state index contributed by atoms with van der Waals surface area (Å²) in [6.45, 7) is 0.245. The van der Waals surface area contributed by atoms with E-state index in [0.717, 1.165) is 28.2 Å². The monoisotopic (exact) mass is 379 g/mol. The van der Waals surface area contributed by atoms with Gasteiger partial charge in [0.25, 0.3) is 0 Å². The van der Waals surface area contributed by atoms with Gasteiger partial charge in [0.2, 0.25) is 0 Å². The summed E-state index contributed by atoms with van der Waals surface area (Å²) in [5, 5.41) is 4.67. The van der Waals surface area contributed by atoms with Gasteiger partial charge < -0.3 is 4.84 Å². The lowest BCUT2D eigenvalue weighted by Crippen LogP contribution is -1.95. The summed E-state index contributed by atoms with van der Waals surface area (Å²) in [6.07, 6.45) is 3.40. The predicted octanol–water partition coefficient (Wildman–Crippen LogP) is 5.34. The number of imidazole rings is 1. The molecule has 0 spiro atoms. The van der Waals surface area contributed by atoms with Crippen molar-refractivity contribution in [3.05, 3.63) is 95.0 Å². The van der Waals surface area contributed by atoms with Crippen LogP contribution >= 0.6 is 11.6 Å². The van der Waals surface area contributed by atoms with Gasteiger partial charge in [0.1, 0.15) is 18.1 Å². The highest BCUT2D eigenvalue weighted by Gasteiger charge is 2.13. The van der Waals surface area contributed by atoms with Crippen LogP contribution in [0.15, 0.2) is 78.1 Å². The van der Waals surface area contributed by atoms with Crippen molar-refractivity contribution in [3.63, 3.8) is 0 Å². The molecule has 0 fully saturated rings. The zero-order chi connectivity index (χ0) is 18.6. The molecule has 134 valence electrons. The zero-order valence-corrected chi connectivity index (χ0v) is 15.0. The third-order valence-corrected chi connectivity index (χ3v) is 4.28. The molecule has 0 unspecified atom stereocenters. The van der Waals surface area contributed by atoms with E-state index in [4.69, 9.17) is 16.4 Å². The summed E-state index contributed by atoms with van der Waals surface area (Å²) in [5.41, 5.74) is 4.11. The fourth-order valence-corrected chi connectivity index (χ4v) is 2.91. The molecule has 0 aliphatic carbocycles. The number of oxime groups is 1. The molecule has 2 aromatic heterocycles. The Morgan fingerprint density at radius 2 is 1.81 bits per heavy atom. The fraction of sp³-hybridized carbons (Fsp3) is 0.0476. The standard InChI is InChI=1S/C21H15ClFN3O/c22-17-8-11-20-25-21(16-4-2-1-3-5-16)19(26(20)13-17)12-24-27-14-15-6-9-18(23)10-7-15/h1-13H,14H2/b24-12+. The molecule has 0 saturated heterocycles. The maximum atomic E-state index is 13.0. The Morgan fingerprint density at radius 1 is 1.04 bits per heavy atom. The molecule has 0 N–H and O–H groups in total. The molecule has 27 heavy (non-hydrogen) atoms. The molecule has 4 aromatic rings. The zero-order valence-electron chi connectivity index (χ0n) is 14.2. The highest BCUT2D eigenvalue weighted by molar-refractivity contribution is 6.30. The van der Waals surface area contributed by atoms with Crippen molar-refractivity contribution in [2.75, 3.05) is 0 Å². The van der Waals surface area contributed by atoms with E-state index in [1.807, 2.05) is 40.8 Å². The smallest absolute Gasteiger partial charge is 0.142 e. The van der Waals surface area contributed by atoms with Crippen LogP contribution in [0.1, 0.15) is 11.3 Å². The largest absolute Gasteiger partial charge is 0.391 e. The number of nitrogens with zero attached hydrogens (tertiary/aromatic N) is 3. The Hall–Kier alpha value is -3.18. The third-order valence-electron chi connectivity index (χ3n) is 4.06. The molecular formula is C21H15ClFN3O. The van der Waals surface area contributed by atoms with Gasteiger partial charge >= 0.3 is 0 Å². The number of rotatable bonds is 5. The minimum Gasteiger partial charge on any atom is -0.391 e. The third kappa shape index (κ3) is 3.83. The van der Waals surface area contributed by atoms with Gasteiger partial charge in [0, 0.05) is 11.8 Å². The molecule has 6 heteroatoms. The van der Waals surface area contributed by atoms with Crippen molar-refractivity contribution in [3.8, 4) is 11.3 Å². The second-order valence-electron chi connectivity index (χ2n) is 5.92.